The van der Waals surface area contributed by atoms with Gasteiger partial charge in [0.2, 0.25) is 0 Å². The number of amides is 2. The van der Waals surface area contributed by atoms with Crippen LogP contribution in [0, 0.1) is 0 Å². The summed E-state index contributed by atoms with van der Waals surface area (Å²) >= 11 is 2.56. The summed E-state index contributed by atoms with van der Waals surface area (Å²) in [5.74, 6) is -0.168. The van der Waals surface area contributed by atoms with Crippen LogP contribution in [-0.2, 0) is 9.84 Å². The number of aromatic carboxylic acids is 1. The zero-order valence-corrected chi connectivity index (χ0v) is 13.6. The third kappa shape index (κ3) is 3.69. The number of nitrogens with zero attached hydrogens (tertiary/aromatic N) is 1. The lowest BCUT2D eigenvalue weighted by atomic mass is 10.3. The third-order valence-electron chi connectivity index (χ3n) is 2.96. The predicted molar refractivity (Wildman–Crippen MR) is 83.0 cm³/mol. The Morgan fingerprint density at radius 1 is 1.48 bits per heavy atom. The Bertz CT molecular complexity index is 655. The van der Waals surface area contributed by atoms with E-state index in [1.807, 2.05) is 0 Å². The first-order chi connectivity index (χ1) is 9.80. The van der Waals surface area contributed by atoms with Crippen molar-refractivity contribution >= 4 is 49.9 Å². The Balaban J connectivity index is 2.18. The Morgan fingerprint density at radius 3 is 2.81 bits per heavy atom. The highest BCUT2D eigenvalue weighted by molar-refractivity contribution is 8.00. The van der Waals surface area contributed by atoms with Gasteiger partial charge in [-0.3, -0.25) is 5.32 Å². The van der Waals surface area contributed by atoms with Crippen molar-refractivity contribution in [1.29, 1.82) is 0 Å². The van der Waals surface area contributed by atoms with Gasteiger partial charge in [-0.25, -0.2) is 18.0 Å². The number of carbonyl (C=O) groups is 2. The van der Waals surface area contributed by atoms with Crippen LogP contribution < -0.4 is 5.32 Å². The molecule has 2 heterocycles. The molecule has 1 atom stereocenters. The van der Waals surface area contributed by atoms with Crippen molar-refractivity contribution in [3.05, 3.63) is 17.0 Å². The molecule has 0 spiro atoms. The second-order valence-electron chi connectivity index (χ2n) is 4.45. The highest BCUT2D eigenvalue weighted by Gasteiger charge is 2.34. The van der Waals surface area contributed by atoms with Gasteiger partial charge in [0.15, 0.2) is 9.84 Å². The van der Waals surface area contributed by atoms with Gasteiger partial charge in [0, 0.05) is 24.3 Å². The topological polar surface area (TPSA) is 104 Å². The van der Waals surface area contributed by atoms with Gasteiger partial charge in [0.25, 0.3) is 0 Å². The highest BCUT2D eigenvalue weighted by atomic mass is 32.2. The molecule has 0 bridgehead atoms. The van der Waals surface area contributed by atoms with Crippen LogP contribution in [0.1, 0.15) is 10.4 Å². The van der Waals surface area contributed by atoms with Crippen molar-refractivity contribution in [2.45, 2.75) is 5.37 Å². The fraction of sp³-hybridized carbons (Fsp3) is 0.455. The number of hydrogen-bond donors (Lipinski definition) is 2. The van der Waals surface area contributed by atoms with Crippen molar-refractivity contribution in [1.82, 2.24) is 4.90 Å². The zero-order chi connectivity index (χ0) is 15.6. The summed E-state index contributed by atoms with van der Waals surface area (Å²) in [5, 5.41) is 12.4. The van der Waals surface area contributed by atoms with Gasteiger partial charge in [0.1, 0.15) is 10.4 Å². The van der Waals surface area contributed by atoms with Gasteiger partial charge in [-0.15, -0.1) is 11.3 Å². The molecule has 1 saturated heterocycles. The van der Waals surface area contributed by atoms with Gasteiger partial charge in [-0.2, -0.15) is 11.8 Å². The second-order valence-corrected chi connectivity index (χ2v) is 8.72. The molecule has 1 aliphatic rings. The van der Waals surface area contributed by atoms with Crippen molar-refractivity contribution in [3.8, 4) is 0 Å². The largest absolute Gasteiger partial charge is 0.478 e. The molecule has 1 aliphatic heterocycles. The molecule has 1 fully saturated rings. The van der Waals surface area contributed by atoms with Crippen LogP contribution in [0.3, 0.4) is 0 Å². The van der Waals surface area contributed by atoms with Crippen LogP contribution in [0.5, 0.6) is 0 Å². The normalized spacial score (nSPS) is 19.3. The van der Waals surface area contributed by atoms with E-state index in [1.165, 1.54) is 22.7 Å². The number of sulfone groups is 1. The van der Waals surface area contributed by atoms with Crippen LogP contribution >= 0.6 is 23.1 Å². The molecule has 21 heavy (non-hydrogen) atoms. The summed E-state index contributed by atoms with van der Waals surface area (Å²) < 4.78 is 23.5. The van der Waals surface area contributed by atoms with Crippen LogP contribution in [0.2, 0.25) is 0 Å². The second kappa shape index (κ2) is 6.24. The number of carboxylic acid groups (broad SMARTS) is 1. The fourth-order valence-corrected chi connectivity index (χ4v) is 5.50. The number of rotatable bonds is 3. The molecule has 0 saturated carbocycles. The molecular formula is C11H14N2O5S3. The smallest absolute Gasteiger partial charge is 0.338 e. The Labute approximate surface area is 130 Å². The van der Waals surface area contributed by atoms with E-state index in [1.54, 1.807) is 5.38 Å². The molecule has 2 N–H and O–H groups in total. The average Bonchev–Trinajstić information content (AvgIpc) is 2.86. The molecule has 1 aromatic rings. The molecule has 116 valence electrons. The number of carbonyl (C=O) groups excluding carboxylic acids is 1. The maximum atomic E-state index is 12.3. The number of hydrogen-bond acceptors (Lipinski definition) is 6. The lowest BCUT2D eigenvalue weighted by molar-refractivity contribution is 0.0698. The minimum Gasteiger partial charge on any atom is -0.478 e. The van der Waals surface area contributed by atoms with E-state index in [0.717, 1.165) is 17.6 Å². The van der Waals surface area contributed by atoms with E-state index >= 15 is 0 Å². The number of carboxylic acids is 1. The lowest BCUT2D eigenvalue weighted by Gasteiger charge is -2.33. The summed E-state index contributed by atoms with van der Waals surface area (Å²) in [5.41, 5.74) is -0.00404. The molecule has 10 heteroatoms. The molecule has 0 aromatic carbocycles. The van der Waals surface area contributed by atoms with E-state index < -0.39 is 27.2 Å². The Kier molecular flexibility index (Phi) is 4.79. The Hall–Kier alpha value is -1.26. The number of anilines is 1. The van der Waals surface area contributed by atoms with Crippen LogP contribution in [-0.4, -0.2) is 60.1 Å². The van der Waals surface area contributed by atoms with E-state index in [0.29, 0.717) is 18.1 Å². The first-order valence-corrected chi connectivity index (χ1v) is 9.94. The number of thiophene rings is 1. The van der Waals surface area contributed by atoms with E-state index in [9.17, 15) is 18.0 Å². The summed E-state index contributed by atoms with van der Waals surface area (Å²) in [6.45, 7) is 0.308. The van der Waals surface area contributed by atoms with E-state index in [4.69, 9.17) is 5.11 Å². The van der Waals surface area contributed by atoms with Gasteiger partial charge < -0.3 is 10.0 Å². The van der Waals surface area contributed by atoms with Crippen molar-refractivity contribution < 1.29 is 23.1 Å². The zero-order valence-electron chi connectivity index (χ0n) is 11.1. The molecule has 0 radical (unpaired) electrons. The third-order valence-corrected chi connectivity index (χ3v) is 6.43. The summed E-state index contributed by atoms with van der Waals surface area (Å²) in [6.07, 6.45) is 1.09. The number of nitrogens with one attached hydrogen (secondary N) is 1. The Morgan fingerprint density at radius 2 is 2.19 bits per heavy atom. The fourth-order valence-electron chi connectivity index (χ4n) is 1.91. The van der Waals surface area contributed by atoms with Gasteiger partial charge >= 0.3 is 12.0 Å². The molecule has 2 amide bonds. The van der Waals surface area contributed by atoms with Crippen molar-refractivity contribution in [2.24, 2.45) is 0 Å². The summed E-state index contributed by atoms with van der Waals surface area (Å²) in [7, 11) is -3.39. The van der Waals surface area contributed by atoms with Crippen LogP contribution in [0.15, 0.2) is 11.4 Å². The predicted octanol–water partition coefficient (Wildman–Crippen LogP) is 1.40. The van der Waals surface area contributed by atoms with Crippen LogP contribution in [0.4, 0.5) is 9.80 Å². The number of thioether (sulfide) groups is 1. The van der Waals surface area contributed by atoms with Crippen molar-refractivity contribution in [3.63, 3.8) is 0 Å². The molecular weight excluding hydrogens is 336 g/mol. The molecule has 1 aromatic heterocycles. The highest BCUT2D eigenvalue weighted by Crippen LogP contribution is 2.26. The van der Waals surface area contributed by atoms with Gasteiger partial charge in [0.05, 0.1) is 5.56 Å². The summed E-state index contributed by atoms with van der Waals surface area (Å²) in [4.78, 5) is 24.5. The first kappa shape index (κ1) is 16.1. The maximum absolute atomic E-state index is 12.3. The minimum atomic E-state index is -3.39. The number of urea groups is 1. The molecule has 1 unspecified atom stereocenters. The maximum Gasteiger partial charge on any atom is 0.338 e. The SMILES string of the molecule is CS(=O)(=O)C1CSCCN1C(=O)Nc1sccc1C(=O)O. The molecule has 2 rings (SSSR count). The minimum absolute atomic E-state index is 0.00404. The quantitative estimate of drug-likeness (QED) is 0.854. The summed E-state index contributed by atoms with van der Waals surface area (Å²) in [6, 6.07) is 0.804. The van der Waals surface area contributed by atoms with E-state index in [-0.39, 0.29) is 10.6 Å². The van der Waals surface area contributed by atoms with E-state index in [2.05, 4.69) is 5.32 Å². The standard InChI is InChI=1S/C11H14N2O5S3/c1-21(17,18)8-6-19-5-3-13(8)11(16)12-9-7(10(14)15)2-4-20-9/h2,4,8H,3,5-6H2,1H3,(H,12,16)(H,14,15). The van der Waals surface area contributed by atoms with Gasteiger partial charge in [-0.1, -0.05) is 0 Å². The molecule has 7 nitrogen and oxygen atoms in total. The monoisotopic (exact) mass is 350 g/mol. The van der Waals surface area contributed by atoms with Crippen molar-refractivity contribution in [2.75, 3.05) is 29.6 Å². The first-order valence-electron chi connectivity index (χ1n) is 5.95. The average molecular weight is 350 g/mol. The lowest BCUT2D eigenvalue weighted by Crippen LogP contribution is -2.51. The molecule has 0 aliphatic carbocycles. The van der Waals surface area contributed by atoms with Crippen LogP contribution in [0.25, 0.3) is 0 Å². The van der Waals surface area contributed by atoms with Gasteiger partial charge in [-0.05, 0) is 11.4 Å².